The topological polar surface area (TPSA) is 66.5 Å². The van der Waals surface area contributed by atoms with Crippen LogP contribution in [-0.4, -0.2) is 94.5 Å². The van der Waals surface area contributed by atoms with Crippen molar-refractivity contribution in [1.82, 2.24) is 4.90 Å². The van der Waals surface area contributed by atoms with Gasteiger partial charge in [0.2, 0.25) is 0 Å². The Labute approximate surface area is 174 Å². The molecule has 0 aromatic carbocycles. The molecule has 0 saturated heterocycles. The zero-order valence-electron chi connectivity index (χ0n) is 17.9. The molecule has 0 atom stereocenters. The fraction of sp³-hybridized carbons (Fsp3) is 0.850. The standard InChI is InChI=1S/C20H37NO6S/c1-6-9-23-10-11-24-12-13-25-14-15-26-16-18-28-17-7-8-21(5)19(22)27-20(2,3)4/h1H,7-18H2,2-5H3. The molecule has 0 aliphatic rings. The Hall–Kier alpha value is -0.980. The van der Waals surface area contributed by atoms with Gasteiger partial charge in [-0.2, -0.15) is 11.8 Å². The van der Waals surface area contributed by atoms with Crippen molar-refractivity contribution >= 4 is 17.9 Å². The van der Waals surface area contributed by atoms with Gasteiger partial charge in [-0.25, -0.2) is 4.79 Å². The highest BCUT2D eigenvalue weighted by atomic mass is 32.2. The van der Waals surface area contributed by atoms with Gasteiger partial charge in [-0.15, -0.1) is 6.42 Å². The molecule has 0 rings (SSSR count). The molecule has 0 bridgehead atoms. The molecule has 0 unspecified atom stereocenters. The second-order valence-corrected chi connectivity index (χ2v) is 8.19. The van der Waals surface area contributed by atoms with Crippen LogP contribution in [-0.2, 0) is 23.7 Å². The van der Waals surface area contributed by atoms with Crippen LogP contribution in [0.25, 0.3) is 0 Å². The van der Waals surface area contributed by atoms with E-state index < -0.39 is 5.60 Å². The maximum atomic E-state index is 11.8. The second-order valence-electron chi connectivity index (χ2n) is 6.96. The molecule has 0 aromatic heterocycles. The first-order valence-corrected chi connectivity index (χ1v) is 10.8. The second kappa shape index (κ2) is 18.1. The summed E-state index contributed by atoms with van der Waals surface area (Å²) in [5.41, 5.74) is -0.453. The van der Waals surface area contributed by atoms with Crippen molar-refractivity contribution in [2.75, 3.05) is 78.0 Å². The quantitative estimate of drug-likeness (QED) is 0.265. The van der Waals surface area contributed by atoms with Gasteiger partial charge in [-0.05, 0) is 32.9 Å². The average molecular weight is 420 g/mol. The number of amides is 1. The van der Waals surface area contributed by atoms with Gasteiger partial charge < -0.3 is 28.6 Å². The Morgan fingerprint density at radius 2 is 1.46 bits per heavy atom. The van der Waals surface area contributed by atoms with E-state index in [0.29, 0.717) is 59.4 Å². The first-order chi connectivity index (χ1) is 13.4. The summed E-state index contributed by atoms with van der Waals surface area (Å²) in [7, 11) is 1.76. The van der Waals surface area contributed by atoms with Gasteiger partial charge in [0.1, 0.15) is 12.2 Å². The molecular weight excluding hydrogens is 382 g/mol. The van der Waals surface area contributed by atoms with Gasteiger partial charge in [-0.3, -0.25) is 0 Å². The van der Waals surface area contributed by atoms with E-state index in [1.807, 2.05) is 32.5 Å². The summed E-state index contributed by atoms with van der Waals surface area (Å²) in [6.45, 7) is 10.5. The lowest BCUT2D eigenvalue weighted by molar-refractivity contribution is 0.00311. The number of carbonyl (C=O) groups is 1. The summed E-state index contributed by atoms with van der Waals surface area (Å²) >= 11 is 1.81. The number of hydrogen-bond donors (Lipinski definition) is 0. The summed E-state index contributed by atoms with van der Waals surface area (Å²) in [5, 5.41) is 0. The van der Waals surface area contributed by atoms with Gasteiger partial charge in [0.05, 0.1) is 46.2 Å². The van der Waals surface area contributed by atoms with Gasteiger partial charge in [0.25, 0.3) is 0 Å². The normalized spacial score (nSPS) is 11.2. The lowest BCUT2D eigenvalue weighted by atomic mass is 10.2. The van der Waals surface area contributed by atoms with Gasteiger partial charge in [0.15, 0.2) is 0 Å². The Morgan fingerprint density at radius 3 is 2.00 bits per heavy atom. The van der Waals surface area contributed by atoms with Gasteiger partial charge >= 0.3 is 6.09 Å². The highest BCUT2D eigenvalue weighted by molar-refractivity contribution is 7.99. The van der Waals surface area contributed by atoms with Crippen LogP contribution in [0.3, 0.4) is 0 Å². The van der Waals surface area contributed by atoms with Crippen LogP contribution in [0.1, 0.15) is 27.2 Å². The third-order valence-electron chi connectivity index (χ3n) is 3.16. The summed E-state index contributed by atoms with van der Waals surface area (Å²) in [6, 6.07) is 0. The number of terminal acetylenes is 1. The SMILES string of the molecule is C#CCOCCOCCOCCOCCSCCCN(C)C(=O)OC(C)(C)C. The number of hydrogen-bond acceptors (Lipinski definition) is 7. The maximum absolute atomic E-state index is 11.8. The summed E-state index contributed by atoms with van der Waals surface area (Å²) in [6.07, 6.45) is 5.71. The minimum absolute atomic E-state index is 0.275. The summed E-state index contributed by atoms with van der Waals surface area (Å²) < 4.78 is 26.6. The van der Waals surface area contributed by atoms with Gasteiger partial charge in [0, 0.05) is 19.3 Å². The van der Waals surface area contributed by atoms with Crippen molar-refractivity contribution in [3.8, 4) is 12.3 Å². The highest BCUT2D eigenvalue weighted by Gasteiger charge is 2.18. The van der Waals surface area contributed by atoms with Crippen molar-refractivity contribution in [2.45, 2.75) is 32.8 Å². The minimum Gasteiger partial charge on any atom is -0.444 e. The number of ether oxygens (including phenoxy) is 5. The minimum atomic E-state index is -0.453. The zero-order chi connectivity index (χ0) is 21.1. The molecule has 0 spiro atoms. The first-order valence-electron chi connectivity index (χ1n) is 9.63. The largest absolute Gasteiger partial charge is 0.444 e. The van der Waals surface area contributed by atoms with Crippen molar-refractivity contribution < 1.29 is 28.5 Å². The molecule has 1 amide bonds. The van der Waals surface area contributed by atoms with Gasteiger partial charge in [-0.1, -0.05) is 5.92 Å². The molecule has 0 aromatic rings. The molecule has 28 heavy (non-hydrogen) atoms. The smallest absolute Gasteiger partial charge is 0.410 e. The highest BCUT2D eigenvalue weighted by Crippen LogP contribution is 2.10. The van der Waals surface area contributed by atoms with E-state index in [9.17, 15) is 4.79 Å². The number of rotatable bonds is 17. The van der Waals surface area contributed by atoms with Crippen molar-refractivity contribution in [2.24, 2.45) is 0 Å². The Morgan fingerprint density at radius 1 is 0.929 bits per heavy atom. The maximum Gasteiger partial charge on any atom is 0.410 e. The molecular formula is C20H37NO6S. The number of nitrogens with zero attached hydrogens (tertiary/aromatic N) is 1. The van der Waals surface area contributed by atoms with Crippen molar-refractivity contribution in [1.29, 1.82) is 0 Å². The lowest BCUT2D eigenvalue weighted by Crippen LogP contribution is -2.34. The number of thioether (sulfide) groups is 1. The third-order valence-corrected chi connectivity index (χ3v) is 4.19. The summed E-state index contributed by atoms with van der Waals surface area (Å²) in [5.74, 6) is 4.30. The van der Waals surface area contributed by atoms with E-state index in [1.54, 1.807) is 11.9 Å². The van der Waals surface area contributed by atoms with E-state index in [1.165, 1.54) is 0 Å². The van der Waals surface area contributed by atoms with Crippen LogP contribution in [0.4, 0.5) is 4.79 Å². The summed E-state index contributed by atoms with van der Waals surface area (Å²) in [4.78, 5) is 13.4. The van der Waals surface area contributed by atoms with E-state index in [0.717, 1.165) is 17.9 Å². The molecule has 164 valence electrons. The molecule has 7 nitrogen and oxygen atoms in total. The lowest BCUT2D eigenvalue weighted by Gasteiger charge is -2.24. The average Bonchev–Trinajstić information content (AvgIpc) is 2.62. The van der Waals surface area contributed by atoms with E-state index in [-0.39, 0.29) is 6.09 Å². The first kappa shape index (κ1) is 27.0. The molecule has 8 heteroatoms. The fourth-order valence-corrected chi connectivity index (χ4v) is 2.62. The third kappa shape index (κ3) is 19.8. The van der Waals surface area contributed by atoms with Crippen LogP contribution < -0.4 is 0 Å². The van der Waals surface area contributed by atoms with Crippen molar-refractivity contribution in [3.63, 3.8) is 0 Å². The zero-order valence-corrected chi connectivity index (χ0v) is 18.7. The Kier molecular flexibility index (Phi) is 17.4. The molecule has 0 heterocycles. The molecule has 0 radical (unpaired) electrons. The monoisotopic (exact) mass is 419 g/mol. The predicted octanol–water partition coefficient (Wildman–Crippen LogP) is 2.68. The predicted molar refractivity (Wildman–Crippen MR) is 113 cm³/mol. The molecule has 0 saturated carbocycles. The molecule has 0 aliphatic carbocycles. The van der Waals surface area contributed by atoms with Crippen molar-refractivity contribution in [3.05, 3.63) is 0 Å². The van der Waals surface area contributed by atoms with Crippen LogP contribution in [0.2, 0.25) is 0 Å². The Bertz CT molecular complexity index is 422. The van der Waals surface area contributed by atoms with Crippen LogP contribution in [0.5, 0.6) is 0 Å². The van der Waals surface area contributed by atoms with E-state index in [4.69, 9.17) is 30.1 Å². The molecule has 0 aliphatic heterocycles. The fourth-order valence-electron chi connectivity index (χ4n) is 1.85. The molecule has 0 fully saturated rings. The van der Waals surface area contributed by atoms with Crippen LogP contribution >= 0.6 is 11.8 Å². The molecule has 0 N–H and O–H groups in total. The van der Waals surface area contributed by atoms with Crippen LogP contribution in [0, 0.1) is 12.3 Å². The Balaban J connectivity index is 3.26. The van der Waals surface area contributed by atoms with E-state index in [2.05, 4.69) is 5.92 Å². The van der Waals surface area contributed by atoms with Crippen LogP contribution in [0.15, 0.2) is 0 Å². The number of carbonyl (C=O) groups excluding carboxylic acids is 1. The van der Waals surface area contributed by atoms with E-state index >= 15 is 0 Å².